The Kier molecular flexibility index (Phi) is 6.14. The van der Waals surface area contributed by atoms with Crippen molar-refractivity contribution in [1.82, 2.24) is 14.5 Å². The topological polar surface area (TPSA) is 89.3 Å². The summed E-state index contributed by atoms with van der Waals surface area (Å²) in [5.74, 6) is 0.345. The summed E-state index contributed by atoms with van der Waals surface area (Å²) in [6.07, 6.45) is 0.474. The summed E-state index contributed by atoms with van der Waals surface area (Å²) in [5.41, 5.74) is 0.502. The van der Waals surface area contributed by atoms with Crippen LogP contribution in [-0.4, -0.2) is 59.1 Å². The van der Waals surface area contributed by atoms with E-state index in [1.807, 2.05) is 26.0 Å². The van der Waals surface area contributed by atoms with E-state index in [4.69, 9.17) is 0 Å². The van der Waals surface area contributed by atoms with Gasteiger partial charge in [-0.05, 0) is 24.5 Å². The Morgan fingerprint density at radius 3 is 2.71 bits per heavy atom. The number of thioether (sulfide) groups is 1. The zero-order valence-electron chi connectivity index (χ0n) is 16.3. The number of hydrogen-bond donors (Lipinski definition) is 0. The highest BCUT2D eigenvalue weighted by Crippen LogP contribution is 2.21. The molecule has 0 saturated carbocycles. The van der Waals surface area contributed by atoms with Gasteiger partial charge in [0, 0.05) is 19.6 Å². The van der Waals surface area contributed by atoms with E-state index in [9.17, 15) is 18.0 Å². The number of para-hydroxylation sites is 1. The number of nitrogens with zero attached hydrogens (tertiary/aromatic N) is 3. The molecule has 2 aromatic rings. The molecule has 0 bridgehead atoms. The van der Waals surface area contributed by atoms with E-state index in [0.29, 0.717) is 29.0 Å². The second kappa shape index (κ2) is 8.24. The van der Waals surface area contributed by atoms with Gasteiger partial charge in [0.15, 0.2) is 15.0 Å². The molecule has 0 aliphatic carbocycles. The Morgan fingerprint density at radius 1 is 1.36 bits per heavy atom. The first-order chi connectivity index (χ1) is 13.2. The minimum absolute atomic E-state index is 0.0200. The Hall–Kier alpha value is -1.87. The van der Waals surface area contributed by atoms with Crippen LogP contribution in [0.2, 0.25) is 0 Å². The van der Waals surface area contributed by atoms with Crippen LogP contribution in [0.4, 0.5) is 0 Å². The number of benzene rings is 1. The highest BCUT2D eigenvalue weighted by molar-refractivity contribution is 7.99. The number of sulfone groups is 1. The highest BCUT2D eigenvalue weighted by atomic mass is 32.2. The van der Waals surface area contributed by atoms with Crippen molar-refractivity contribution in [2.45, 2.75) is 38.0 Å². The van der Waals surface area contributed by atoms with Crippen LogP contribution in [0.15, 0.2) is 34.2 Å². The highest BCUT2D eigenvalue weighted by Gasteiger charge is 2.32. The monoisotopic (exact) mass is 423 g/mol. The molecular formula is C19H25N3O4S2. The Bertz CT molecular complexity index is 1050. The molecule has 3 rings (SSSR count). The third-order valence-electron chi connectivity index (χ3n) is 4.85. The molecule has 1 atom stereocenters. The van der Waals surface area contributed by atoms with Gasteiger partial charge in [-0.25, -0.2) is 13.4 Å². The quantitative estimate of drug-likeness (QED) is 0.520. The Morgan fingerprint density at radius 2 is 2.07 bits per heavy atom. The summed E-state index contributed by atoms with van der Waals surface area (Å²) in [4.78, 5) is 31.6. The van der Waals surface area contributed by atoms with E-state index in [2.05, 4.69) is 4.98 Å². The van der Waals surface area contributed by atoms with Crippen LogP contribution in [-0.2, 0) is 21.2 Å². The van der Waals surface area contributed by atoms with Crippen molar-refractivity contribution >= 4 is 38.4 Å². The fourth-order valence-electron chi connectivity index (χ4n) is 3.30. The number of carbonyl (C=O) groups excluding carboxylic acids is 1. The van der Waals surface area contributed by atoms with Gasteiger partial charge in [0.05, 0.1) is 28.2 Å². The SMILES string of the molecule is CC(C)Cn1c(SCC(=O)N(C)[C@H]2CCS(=O)(=O)C2)nc2ccccc2c1=O. The van der Waals surface area contributed by atoms with Gasteiger partial charge >= 0.3 is 0 Å². The van der Waals surface area contributed by atoms with Crippen molar-refractivity contribution in [3.63, 3.8) is 0 Å². The fourth-order valence-corrected chi connectivity index (χ4v) is 6.00. The van der Waals surface area contributed by atoms with Gasteiger partial charge in [-0.1, -0.05) is 37.7 Å². The Balaban J connectivity index is 1.81. The summed E-state index contributed by atoms with van der Waals surface area (Å²) in [7, 11) is -1.41. The second-order valence-electron chi connectivity index (χ2n) is 7.57. The first kappa shape index (κ1) is 20.9. The first-order valence-corrected chi connectivity index (χ1v) is 12.1. The molecule has 2 heterocycles. The molecule has 152 valence electrons. The van der Waals surface area contributed by atoms with E-state index in [1.54, 1.807) is 23.7 Å². The van der Waals surface area contributed by atoms with Crippen LogP contribution in [0.5, 0.6) is 0 Å². The number of fused-ring (bicyclic) bond motifs is 1. The minimum atomic E-state index is -3.05. The van der Waals surface area contributed by atoms with Gasteiger partial charge in [-0.3, -0.25) is 14.2 Å². The van der Waals surface area contributed by atoms with Crippen molar-refractivity contribution < 1.29 is 13.2 Å². The molecular weight excluding hydrogens is 398 g/mol. The van der Waals surface area contributed by atoms with E-state index < -0.39 is 9.84 Å². The zero-order valence-corrected chi connectivity index (χ0v) is 17.9. The average Bonchev–Trinajstić information content (AvgIpc) is 3.01. The average molecular weight is 424 g/mol. The predicted octanol–water partition coefficient (Wildman–Crippen LogP) is 1.79. The number of aromatic nitrogens is 2. The molecule has 1 aromatic heterocycles. The van der Waals surface area contributed by atoms with Crippen molar-refractivity contribution in [1.29, 1.82) is 0 Å². The van der Waals surface area contributed by atoms with Crippen molar-refractivity contribution in [2.24, 2.45) is 5.92 Å². The van der Waals surface area contributed by atoms with Crippen LogP contribution in [0.3, 0.4) is 0 Å². The maximum absolute atomic E-state index is 12.9. The number of rotatable bonds is 6. The smallest absolute Gasteiger partial charge is 0.262 e. The first-order valence-electron chi connectivity index (χ1n) is 9.26. The van der Waals surface area contributed by atoms with Gasteiger partial charge in [-0.15, -0.1) is 0 Å². The predicted molar refractivity (Wildman–Crippen MR) is 111 cm³/mol. The lowest BCUT2D eigenvalue weighted by Gasteiger charge is -2.23. The van der Waals surface area contributed by atoms with Crippen LogP contribution in [0, 0.1) is 5.92 Å². The van der Waals surface area contributed by atoms with E-state index in [0.717, 1.165) is 0 Å². The van der Waals surface area contributed by atoms with Gasteiger partial charge in [0.25, 0.3) is 5.56 Å². The summed E-state index contributed by atoms with van der Waals surface area (Å²) in [6, 6.07) is 6.91. The fraction of sp³-hybridized carbons (Fsp3) is 0.526. The van der Waals surface area contributed by atoms with Crippen molar-refractivity contribution in [3.8, 4) is 0 Å². The lowest BCUT2D eigenvalue weighted by molar-refractivity contribution is -0.128. The van der Waals surface area contributed by atoms with E-state index in [1.165, 1.54) is 16.7 Å². The summed E-state index contributed by atoms with van der Waals surface area (Å²) in [6.45, 7) is 4.56. The molecule has 7 nitrogen and oxygen atoms in total. The molecule has 1 saturated heterocycles. The third-order valence-corrected chi connectivity index (χ3v) is 7.56. The largest absolute Gasteiger partial charge is 0.341 e. The third kappa shape index (κ3) is 4.57. The standard InChI is InChI=1S/C19H25N3O4S2/c1-13(2)10-22-18(24)15-6-4-5-7-16(15)20-19(22)27-11-17(23)21(3)14-8-9-28(25,26)12-14/h4-7,13-14H,8-12H2,1-3H3/t14-/m0/s1. The molecule has 28 heavy (non-hydrogen) atoms. The lowest BCUT2D eigenvalue weighted by atomic mass is 10.2. The lowest BCUT2D eigenvalue weighted by Crippen LogP contribution is -2.39. The maximum Gasteiger partial charge on any atom is 0.262 e. The van der Waals surface area contributed by atoms with Gasteiger partial charge < -0.3 is 4.90 Å². The van der Waals surface area contributed by atoms with Gasteiger partial charge in [-0.2, -0.15) is 0 Å². The molecule has 1 amide bonds. The summed E-state index contributed by atoms with van der Waals surface area (Å²) >= 11 is 1.22. The molecule has 0 N–H and O–H groups in total. The molecule has 1 aliphatic rings. The van der Waals surface area contributed by atoms with Crippen LogP contribution < -0.4 is 5.56 Å². The van der Waals surface area contributed by atoms with Crippen molar-refractivity contribution in [3.05, 3.63) is 34.6 Å². The number of amides is 1. The molecule has 0 unspecified atom stereocenters. The second-order valence-corrected chi connectivity index (χ2v) is 10.7. The van der Waals surface area contributed by atoms with Crippen LogP contribution in [0.25, 0.3) is 10.9 Å². The maximum atomic E-state index is 12.9. The van der Waals surface area contributed by atoms with Crippen molar-refractivity contribution in [2.75, 3.05) is 24.3 Å². The normalized spacial score (nSPS) is 18.6. The number of hydrogen-bond acceptors (Lipinski definition) is 6. The molecule has 1 aliphatic heterocycles. The molecule has 0 radical (unpaired) electrons. The zero-order chi connectivity index (χ0) is 20.5. The van der Waals surface area contributed by atoms with E-state index in [-0.39, 0.29) is 40.7 Å². The van der Waals surface area contributed by atoms with Gasteiger partial charge in [0.1, 0.15) is 0 Å². The molecule has 1 fully saturated rings. The summed E-state index contributed by atoms with van der Waals surface area (Å²) in [5, 5.41) is 1.07. The Labute approximate surface area is 169 Å². The molecule has 0 spiro atoms. The molecule has 9 heteroatoms. The number of carbonyl (C=O) groups is 1. The van der Waals surface area contributed by atoms with Gasteiger partial charge in [0.2, 0.25) is 5.91 Å². The van der Waals surface area contributed by atoms with Crippen LogP contribution in [0.1, 0.15) is 20.3 Å². The van der Waals surface area contributed by atoms with Crippen LogP contribution >= 0.6 is 11.8 Å². The summed E-state index contributed by atoms with van der Waals surface area (Å²) < 4.78 is 25.0. The minimum Gasteiger partial charge on any atom is -0.341 e. The van der Waals surface area contributed by atoms with E-state index >= 15 is 0 Å². The molecule has 1 aromatic carbocycles.